The van der Waals surface area contributed by atoms with Crippen LogP contribution in [-0.2, 0) is 30.3 Å². The average Bonchev–Trinajstić information content (AvgIpc) is 3.82. The van der Waals surface area contributed by atoms with Crippen molar-refractivity contribution in [2.45, 2.75) is 45.1 Å². The third kappa shape index (κ3) is 8.10. The van der Waals surface area contributed by atoms with Crippen LogP contribution in [0.3, 0.4) is 0 Å². The number of halogens is 1. The topological polar surface area (TPSA) is 176 Å². The van der Waals surface area contributed by atoms with Gasteiger partial charge >= 0.3 is 0 Å². The fourth-order valence-corrected chi connectivity index (χ4v) is 7.68. The van der Waals surface area contributed by atoms with Crippen LogP contribution in [-0.4, -0.2) is 84.3 Å². The number of piperidine rings is 1. The van der Waals surface area contributed by atoms with Gasteiger partial charge in [-0.05, 0) is 61.7 Å². The number of rotatable bonds is 14. The molecule has 0 spiro atoms. The third-order valence-electron chi connectivity index (χ3n) is 9.42. The van der Waals surface area contributed by atoms with Crippen LogP contribution in [0.1, 0.15) is 56.8 Å². The Bertz CT molecular complexity index is 2210. The molecule has 4 aromatic rings. The molecule has 1 atom stereocenters. The molecule has 6 amide bonds. The molecule has 2 saturated heterocycles. The van der Waals surface area contributed by atoms with Crippen LogP contribution in [0.25, 0.3) is 11.3 Å². The molecule has 4 heterocycles. The molecule has 2 fully saturated rings. The molecule has 1 aromatic heterocycles. The Hall–Kier alpha value is -6.00. The van der Waals surface area contributed by atoms with E-state index in [2.05, 4.69) is 20.9 Å². The third-order valence-corrected chi connectivity index (χ3v) is 10.3. The first-order valence-electron chi connectivity index (χ1n) is 17.8. The van der Waals surface area contributed by atoms with E-state index in [1.165, 1.54) is 28.4 Å². The van der Waals surface area contributed by atoms with Crippen LogP contribution in [0.4, 0.5) is 20.9 Å². The summed E-state index contributed by atoms with van der Waals surface area (Å²) in [6, 6.07) is 15.6. The highest BCUT2D eigenvalue weighted by Gasteiger charge is 2.45. The molecule has 55 heavy (non-hydrogen) atoms. The van der Waals surface area contributed by atoms with Crippen LogP contribution in [0, 0.1) is 12.7 Å². The summed E-state index contributed by atoms with van der Waals surface area (Å²) >= 11 is 1.29. The van der Waals surface area contributed by atoms with Gasteiger partial charge in [0, 0.05) is 42.1 Å². The summed E-state index contributed by atoms with van der Waals surface area (Å²) in [7, 11) is 0. The number of anilines is 3. The fourth-order valence-electron chi connectivity index (χ4n) is 6.83. The van der Waals surface area contributed by atoms with Crippen molar-refractivity contribution >= 4 is 63.3 Å². The first-order chi connectivity index (χ1) is 26.6. The van der Waals surface area contributed by atoms with E-state index in [1.54, 1.807) is 42.5 Å². The molecule has 3 aromatic carbocycles. The van der Waals surface area contributed by atoms with E-state index in [0.717, 1.165) is 15.3 Å². The van der Waals surface area contributed by atoms with E-state index >= 15 is 0 Å². The highest BCUT2D eigenvalue weighted by atomic mass is 32.1. The summed E-state index contributed by atoms with van der Waals surface area (Å²) in [5.74, 6) is -2.57. The average molecular weight is 769 g/mol. The molecule has 0 aliphatic carbocycles. The van der Waals surface area contributed by atoms with Gasteiger partial charge < -0.3 is 25.0 Å². The highest BCUT2D eigenvalue weighted by molar-refractivity contribution is 7.16. The Balaban J connectivity index is 0.848. The lowest BCUT2D eigenvalue weighted by Gasteiger charge is -2.27. The number of imide groups is 2. The van der Waals surface area contributed by atoms with Crippen molar-refractivity contribution in [2.24, 2.45) is 0 Å². The first-order valence-corrected chi connectivity index (χ1v) is 18.6. The summed E-state index contributed by atoms with van der Waals surface area (Å²) in [5.41, 5.74) is 2.90. The van der Waals surface area contributed by atoms with Gasteiger partial charge in [0.2, 0.25) is 23.6 Å². The van der Waals surface area contributed by atoms with Crippen LogP contribution >= 0.6 is 11.3 Å². The molecule has 14 nitrogen and oxygen atoms in total. The van der Waals surface area contributed by atoms with Gasteiger partial charge in [-0.15, -0.1) is 11.3 Å². The maximum absolute atomic E-state index is 15.0. The summed E-state index contributed by atoms with van der Waals surface area (Å²) < 4.78 is 26.5. The second-order valence-electron chi connectivity index (χ2n) is 13.2. The Labute approximate surface area is 319 Å². The number of thiazole rings is 1. The first kappa shape index (κ1) is 37.3. The van der Waals surface area contributed by atoms with Crippen LogP contribution in [0.15, 0.2) is 60.7 Å². The Morgan fingerprint density at radius 1 is 1.00 bits per heavy atom. The molecule has 0 bridgehead atoms. The number of benzene rings is 3. The molecule has 7 rings (SSSR count). The normalized spacial score (nSPS) is 16.8. The molecule has 3 aliphatic heterocycles. The summed E-state index contributed by atoms with van der Waals surface area (Å²) in [6.07, 6.45) is 1.31. The molecule has 1 unspecified atom stereocenters. The van der Waals surface area contributed by atoms with Gasteiger partial charge in [0.05, 0.1) is 42.1 Å². The molecule has 0 saturated carbocycles. The number of hydrogen-bond acceptors (Lipinski definition) is 11. The van der Waals surface area contributed by atoms with E-state index in [1.807, 2.05) is 13.0 Å². The molecule has 0 radical (unpaired) electrons. The van der Waals surface area contributed by atoms with Crippen molar-refractivity contribution in [1.29, 1.82) is 0 Å². The highest BCUT2D eigenvalue weighted by Crippen LogP contribution is 2.35. The van der Waals surface area contributed by atoms with Gasteiger partial charge in [0.25, 0.3) is 11.8 Å². The van der Waals surface area contributed by atoms with Crippen molar-refractivity contribution in [2.75, 3.05) is 48.4 Å². The monoisotopic (exact) mass is 768 g/mol. The van der Waals surface area contributed by atoms with Gasteiger partial charge in [0.1, 0.15) is 24.2 Å². The number of aryl methyl sites for hydroxylation is 1. The van der Waals surface area contributed by atoms with Crippen molar-refractivity contribution in [3.63, 3.8) is 0 Å². The Morgan fingerprint density at radius 2 is 1.84 bits per heavy atom. The second kappa shape index (κ2) is 16.2. The van der Waals surface area contributed by atoms with Gasteiger partial charge in [-0.25, -0.2) is 9.37 Å². The zero-order valence-corrected chi connectivity index (χ0v) is 30.6. The van der Waals surface area contributed by atoms with Crippen LogP contribution in [0.2, 0.25) is 0 Å². The minimum absolute atomic E-state index is 0.0434. The number of amides is 6. The van der Waals surface area contributed by atoms with Crippen LogP contribution < -0.4 is 25.6 Å². The minimum Gasteiger partial charge on any atom is -0.491 e. The predicted molar refractivity (Wildman–Crippen MR) is 201 cm³/mol. The Morgan fingerprint density at radius 3 is 2.62 bits per heavy atom. The van der Waals surface area contributed by atoms with E-state index in [0.29, 0.717) is 53.8 Å². The molecular formula is C39H37FN6O8S. The number of nitrogens with one attached hydrogen (secondary N) is 3. The quantitative estimate of drug-likeness (QED) is 0.123. The molecule has 16 heteroatoms. The van der Waals surface area contributed by atoms with Crippen molar-refractivity contribution in [3.8, 4) is 17.0 Å². The maximum atomic E-state index is 15.0. The fraction of sp³-hybridized carbons (Fsp3) is 0.308. The lowest BCUT2D eigenvalue weighted by atomic mass is 10.0. The largest absolute Gasteiger partial charge is 0.491 e. The van der Waals surface area contributed by atoms with Gasteiger partial charge in [-0.2, -0.15) is 0 Å². The molecule has 3 N–H and O–H groups in total. The van der Waals surface area contributed by atoms with Crippen molar-refractivity contribution in [3.05, 3.63) is 88.0 Å². The number of carbonyl (C=O) groups is 6. The number of ether oxygens (including phenoxy) is 2. The zero-order chi connectivity index (χ0) is 38.6. The van der Waals surface area contributed by atoms with Gasteiger partial charge in [-0.3, -0.25) is 39.0 Å². The predicted octanol–water partition coefficient (Wildman–Crippen LogP) is 4.47. The summed E-state index contributed by atoms with van der Waals surface area (Å²) in [4.78, 5) is 83.0. The second-order valence-corrected chi connectivity index (χ2v) is 14.4. The smallest absolute Gasteiger partial charge is 0.264 e. The van der Waals surface area contributed by atoms with E-state index in [9.17, 15) is 33.2 Å². The van der Waals surface area contributed by atoms with E-state index in [4.69, 9.17) is 9.47 Å². The van der Waals surface area contributed by atoms with Gasteiger partial charge in [0.15, 0.2) is 5.13 Å². The lowest BCUT2D eigenvalue weighted by molar-refractivity contribution is -0.136. The number of aromatic nitrogens is 1. The molecular weight excluding hydrogens is 732 g/mol. The number of nitrogens with zero attached hydrogens (tertiary/aromatic N) is 3. The number of hydrogen-bond donors (Lipinski definition) is 3. The van der Waals surface area contributed by atoms with E-state index in [-0.39, 0.29) is 67.7 Å². The van der Waals surface area contributed by atoms with Crippen molar-refractivity contribution < 1.29 is 42.6 Å². The maximum Gasteiger partial charge on any atom is 0.264 e. The minimum atomic E-state index is -1.04. The van der Waals surface area contributed by atoms with Crippen molar-refractivity contribution in [1.82, 2.24) is 15.2 Å². The molecule has 3 aliphatic rings. The summed E-state index contributed by atoms with van der Waals surface area (Å²) in [6.45, 7) is 3.43. The molecule has 284 valence electrons. The zero-order valence-electron chi connectivity index (χ0n) is 29.8. The number of carbonyl (C=O) groups excluding carboxylic acids is 6. The standard InChI is InChI=1S/C39H37FN6O8S/c1-22-35(24-10-11-29(27(40)21-24)45-15-4-9-33(45)49)44-39(55-22)43-32(48)20-23-5-2-6-25(19-23)54-18-17-53-16-14-41-28-8-3-7-26-34(28)38(52)46(37(26)51)30-12-13-31(47)42-36(30)50/h2-3,5-8,10-11,19,21,30,41H,4,9,12-18,20H2,1H3,(H,42,47,50)(H,43,44,48). The van der Waals surface area contributed by atoms with E-state index < -0.39 is 35.5 Å². The Kier molecular flexibility index (Phi) is 11.0. The van der Waals surface area contributed by atoms with Crippen LogP contribution in [0.5, 0.6) is 5.75 Å². The summed E-state index contributed by atoms with van der Waals surface area (Å²) in [5, 5.41) is 8.54. The lowest BCUT2D eigenvalue weighted by Crippen LogP contribution is -2.54. The van der Waals surface area contributed by atoms with Gasteiger partial charge in [-0.1, -0.05) is 24.3 Å². The number of fused-ring (bicyclic) bond motifs is 1. The SMILES string of the molecule is Cc1sc(NC(=O)Cc2cccc(OCCOCCNc3cccc4c3C(=O)N(C3CCC(=O)NC3=O)C4=O)c2)nc1-c1ccc(N2CCCC2=O)c(F)c1.